The van der Waals surface area contributed by atoms with Gasteiger partial charge in [0.25, 0.3) is 0 Å². The summed E-state index contributed by atoms with van der Waals surface area (Å²) < 4.78 is 34.4. The van der Waals surface area contributed by atoms with Gasteiger partial charge < -0.3 is 23.3 Å². The number of nitrogens with one attached hydrogen (secondary N) is 2. The van der Waals surface area contributed by atoms with Crippen LogP contribution in [0.25, 0.3) is 22.3 Å². The summed E-state index contributed by atoms with van der Waals surface area (Å²) in [5.74, 6) is 1.67. The molecule has 2 N–H and O–H groups in total. The molecule has 11 heteroatoms. The number of ether oxygens (including phenoxy) is 3. The van der Waals surface area contributed by atoms with Crippen LogP contribution in [-0.4, -0.2) is 63.0 Å². The molecule has 2 aromatic heterocycles. The lowest BCUT2D eigenvalue weighted by atomic mass is 10.0. The van der Waals surface area contributed by atoms with E-state index in [1.807, 2.05) is 27.7 Å². The van der Waals surface area contributed by atoms with Crippen molar-refractivity contribution in [3.8, 4) is 22.3 Å². The maximum atomic E-state index is 5.69. The highest BCUT2D eigenvalue weighted by atomic mass is 32.2. The highest BCUT2D eigenvalue weighted by Crippen LogP contribution is 2.32. The molecule has 43 heavy (non-hydrogen) atoms. The zero-order valence-corrected chi connectivity index (χ0v) is 27.5. The van der Waals surface area contributed by atoms with Gasteiger partial charge in [-0.05, 0) is 99.8 Å². The van der Waals surface area contributed by atoms with Crippen molar-refractivity contribution in [1.29, 1.82) is 0 Å². The summed E-state index contributed by atoms with van der Waals surface area (Å²) in [5, 5.41) is 8.15. The molecule has 0 amide bonds. The normalized spacial score (nSPS) is 11.5. The SMILES string of the molecule is Cc1ccc(-c2c(C)noc2C)cc1SNCCOCCOCCOCCNSc1cc(-c2c(C)noc2C)ccc1C. The van der Waals surface area contributed by atoms with E-state index in [-0.39, 0.29) is 0 Å². The molecule has 0 saturated carbocycles. The highest BCUT2D eigenvalue weighted by molar-refractivity contribution is 7.97. The maximum Gasteiger partial charge on any atom is 0.141 e. The van der Waals surface area contributed by atoms with Crippen molar-refractivity contribution in [3.05, 3.63) is 70.4 Å². The lowest BCUT2D eigenvalue weighted by molar-refractivity contribution is 0.0169. The molecule has 2 aromatic carbocycles. The van der Waals surface area contributed by atoms with Gasteiger partial charge in [-0.2, -0.15) is 0 Å². The van der Waals surface area contributed by atoms with Crippen LogP contribution >= 0.6 is 23.9 Å². The van der Waals surface area contributed by atoms with Gasteiger partial charge in [-0.3, -0.25) is 9.44 Å². The van der Waals surface area contributed by atoms with E-state index in [4.69, 9.17) is 23.3 Å². The number of rotatable bonds is 18. The molecule has 232 valence electrons. The third-order valence-electron chi connectivity index (χ3n) is 6.83. The fraction of sp³-hybridized carbons (Fsp3) is 0.438. The van der Waals surface area contributed by atoms with Crippen LogP contribution in [-0.2, 0) is 14.2 Å². The van der Waals surface area contributed by atoms with Crippen LogP contribution in [0, 0.1) is 41.5 Å². The van der Waals surface area contributed by atoms with Crippen molar-refractivity contribution >= 4 is 23.9 Å². The third kappa shape index (κ3) is 9.67. The number of nitrogens with zero attached hydrogens (tertiary/aromatic N) is 2. The molecule has 4 aromatic rings. The largest absolute Gasteiger partial charge is 0.378 e. The summed E-state index contributed by atoms with van der Waals surface area (Å²) in [5.41, 5.74) is 8.60. The Hall–Kier alpha value is -2.64. The van der Waals surface area contributed by atoms with Crippen molar-refractivity contribution in [2.24, 2.45) is 0 Å². The van der Waals surface area contributed by atoms with E-state index < -0.39 is 0 Å². The predicted molar refractivity (Wildman–Crippen MR) is 172 cm³/mol. The molecule has 0 unspecified atom stereocenters. The summed E-state index contributed by atoms with van der Waals surface area (Å²) in [7, 11) is 0. The quantitative estimate of drug-likeness (QED) is 0.0901. The molecule has 0 fully saturated rings. The Morgan fingerprint density at radius 3 is 1.35 bits per heavy atom. The van der Waals surface area contributed by atoms with Gasteiger partial charge in [-0.15, -0.1) is 0 Å². The minimum absolute atomic E-state index is 0.546. The first-order valence-electron chi connectivity index (χ1n) is 14.5. The third-order valence-corrected chi connectivity index (χ3v) is 8.84. The van der Waals surface area contributed by atoms with Crippen molar-refractivity contribution in [1.82, 2.24) is 19.8 Å². The number of hydrogen-bond donors (Lipinski definition) is 2. The lowest BCUT2D eigenvalue weighted by Gasteiger charge is -2.11. The van der Waals surface area contributed by atoms with Gasteiger partial charge in [0.2, 0.25) is 0 Å². The summed E-state index contributed by atoms with van der Waals surface area (Å²) in [6.45, 7) is 16.9. The fourth-order valence-corrected chi connectivity index (χ4v) is 6.06. The Bertz CT molecular complexity index is 1310. The molecule has 0 bridgehead atoms. The standard InChI is InChI=1S/C32H42N4O5S2/c1-21-7-9-27(31-23(3)35-40-25(31)5)19-29(21)42-33-11-13-37-15-17-39-18-16-38-14-12-34-43-30-20-28(10-8-22(30)2)32-24(4)36-41-26(32)6/h7-10,19-20,33-34H,11-18H2,1-6H3. The van der Waals surface area contributed by atoms with Gasteiger partial charge in [-0.1, -0.05) is 34.6 Å². The minimum Gasteiger partial charge on any atom is -0.378 e. The molecule has 0 atom stereocenters. The van der Waals surface area contributed by atoms with Gasteiger partial charge >= 0.3 is 0 Å². The Morgan fingerprint density at radius 2 is 0.977 bits per heavy atom. The van der Waals surface area contributed by atoms with Gasteiger partial charge in [0.05, 0.1) is 51.0 Å². The molecule has 0 aliphatic rings. The Kier molecular flexibility index (Phi) is 13.2. The average Bonchev–Trinajstić information content (AvgIpc) is 3.51. The predicted octanol–water partition coefficient (Wildman–Crippen LogP) is 6.79. The van der Waals surface area contributed by atoms with E-state index >= 15 is 0 Å². The van der Waals surface area contributed by atoms with E-state index in [1.165, 1.54) is 20.9 Å². The second kappa shape index (κ2) is 17.0. The van der Waals surface area contributed by atoms with Crippen LogP contribution in [0.5, 0.6) is 0 Å². The van der Waals surface area contributed by atoms with Crippen molar-refractivity contribution in [3.63, 3.8) is 0 Å². The van der Waals surface area contributed by atoms with Crippen LogP contribution < -0.4 is 9.44 Å². The maximum absolute atomic E-state index is 5.69. The van der Waals surface area contributed by atoms with Crippen LogP contribution in [0.4, 0.5) is 0 Å². The van der Waals surface area contributed by atoms with Crippen molar-refractivity contribution in [2.45, 2.75) is 51.3 Å². The molecular weight excluding hydrogens is 585 g/mol. The monoisotopic (exact) mass is 626 g/mol. The van der Waals surface area contributed by atoms with Gasteiger partial charge in [0.15, 0.2) is 0 Å². The topological polar surface area (TPSA) is 104 Å². The highest BCUT2D eigenvalue weighted by Gasteiger charge is 2.14. The fourth-order valence-electron chi connectivity index (χ4n) is 4.55. The van der Waals surface area contributed by atoms with Crippen molar-refractivity contribution in [2.75, 3.05) is 52.7 Å². The van der Waals surface area contributed by atoms with E-state index in [9.17, 15) is 0 Å². The molecule has 0 aliphatic carbocycles. The summed E-state index contributed by atoms with van der Waals surface area (Å²) in [6, 6.07) is 12.8. The zero-order chi connectivity index (χ0) is 30.6. The summed E-state index contributed by atoms with van der Waals surface area (Å²) in [6.07, 6.45) is 0. The smallest absolute Gasteiger partial charge is 0.141 e. The first-order valence-corrected chi connectivity index (χ1v) is 16.1. The molecule has 9 nitrogen and oxygen atoms in total. The summed E-state index contributed by atoms with van der Waals surface area (Å²) >= 11 is 3.22. The molecule has 0 saturated heterocycles. The lowest BCUT2D eigenvalue weighted by Crippen LogP contribution is -2.17. The Balaban J connectivity index is 1.000. The number of benzene rings is 2. The molecule has 0 radical (unpaired) electrons. The van der Waals surface area contributed by atoms with Crippen LogP contribution in [0.15, 0.2) is 55.2 Å². The van der Waals surface area contributed by atoms with E-state index in [0.29, 0.717) is 39.6 Å². The van der Waals surface area contributed by atoms with Gasteiger partial charge in [0, 0.05) is 34.0 Å². The minimum atomic E-state index is 0.546. The molecule has 2 heterocycles. The molecule has 0 spiro atoms. The first-order chi connectivity index (χ1) is 20.8. The molecule has 4 rings (SSSR count). The van der Waals surface area contributed by atoms with Crippen LogP contribution in [0.2, 0.25) is 0 Å². The second-order valence-corrected chi connectivity index (χ2v) is 12.1. The van der Waals surface area contributed by atoms with E-state index in [1.54, 1.807) is 23.9 Å². The van der Waals surface area contributed by atoms with E-state index in [2.05, 4.69) is 70.0 Å². The Morgan fingerprint density at radius 1 is 0.581 bits per heavy atom. The average molecular weight is 627 g/mol. The van der Waals surface area contributed by atoms with Crippen molar-refractivity contribution < 1.29 is 23.3 Å². The number of aryl methyl sites for hydroxylation is 6. The van der Waals surface area contributed by atoms with Crippen LogP contribution in [0.3, 0.4) is 0 Å². The number of aromatic nitrogens is 2. The van der Waals surface area contributed by atoms with Crippen LogP contribution in [0.1, 0.15) is 34.0 Å². The first kappa shape index (κ1) is 33.3. The second-order valence-electron chi connectivity index (χ2n) is 10.2. The molecular formula is C32H42N4O5S2. The Labute approximate surface area is 263 Å². The van der Waals surface area contributed by atoms with Gasteiger partial charge in [-0.25, -0.2) is 0 Å². The van der Waals surface area contributed by atoms with Gasteiger partial charge in [0.1, 0.15) is 11.5 Å². The summed E-state index contributed by atoms with van der Waals surface area (Å²) in [4.78, 5) is 2.35. The van der Waals surface area contributed by atoms with E-state index in [0.717, 1.165) is 58.3 Å². The molecule has 0 aliphatic heterocycles. The number of hydrogen-bond acceptors (Lipinski definition) is 11. The zero-order valence-electron chi connectivity index (χ0n) is 25.9.